The van der Waals surface area contributed by atoms with Crippen molar-refractivity contribution in [2.75, 3.05) is 17.8 Å². The molecule has 1 fully saturated rings. The molecule has 302 valence electrons. The second-order valence-electron chi connectivity index (χ2n) is 13.7. The zero-order valence-electron chi connectivity index (χ0n) is 29.9. The van der Waals surface area contributed by atoms with Crippen LogP contribution in [0.25, 0.3) is 77.4 Å². The van der Waals surface area contributed by atoms with E-state index in [4.69, 9.17) is 8.39 Å². The summed E-state index contributed by atoms with van der Waals surface area (Å²) in [7, 11) is -2.11. The first-order valence-electron chi connectivity index (χ1n) is 17.8. The zero-order chi connectivity index (χ0) is 41.7. The maximum absolute atomic E-state index is 15.0. The van der Waals surface area contributed by atoms with Crippen LogP contribution in [-0.2, 0) is 0 Å². The van der Waals surface area contributed by atoms with Crippen LogP contribution in [0.3, 0.4) is 0 Å². The summed E-state index contributed by atoms with van der Waals surface area (Å²) in [6.45, 7) is 1.05. The van der Waals surface area contributed by atoms with Crippen molar-refractivity contribution in [1.82, 2.24) is 30.0 Å². The van der Waals surface area contributed by atoms with E-state index in [0.717, 1.165) is 25.2 Å². The molecule has 0 saturated carbocycles. The van der Waals surface area contributed by atoms with Crippen LogP contribution < -0.4 is 4.67 Å². The third-order valence-electron chi connectivity index (χ3n) is 10.3. The Balaban J connectivity index is 1.32. The molecular formula is C40H20F10N7O2P. The number of fused-ring (bicyclic) bond motifs is 7. The van der Waals surface area contributed by atoms with Gasteiger partial charge in [0.25, 0.3) is 0 Å². The molecule has 1 aliphatic rings. The predicted octanol–water partition coefficient (Wildman–Crippen LogP) is 11.2. The second-order valence-corrected chi connectivity index (χ2v) is 15.1. The van der Waals surface area contributed by atoms with Gasteiger partial charge in [-0.05, 0) is 46.5 Å². The lowest BCUT2D eigenvalue weighted by Crippen LogP contribution is -2.12. The molecule has 1 aliphatic heterocycles. The quantitative estimate of drug-likeness (QED) is 0.0967. The fraction of sp³-hybridized carbons (Fsp3) is 0.100. The molecule has 0 spiro atoms. The Morgan fingerprint density at radius 1 is 0.483 bits per heavy atom. The first kappa shape index (κ1) is 37.5. The van der Waals surface area contributed by atoms with Gasteiger partial charge in [-0.1, -0.05) is 59.0 Å². The van der Waals surface area contributed by atoms with E-state index >= 15 is 0 Å². The van der Waals surface area contributed by atoms with Gasteiger partial charge in [0, 0.05) is 35.0 Å². The van der Waals surface area contributed by atoms with E-state index < -0.39 is 77.7 Å². The summed E-state index contributed by atoms with van der Waals surface area (Å²) >= 11 is 0. The highest BCUT2D eigenvalue weighted by atomic mass is 31.1. The second kappa shape index (κ2) is 13.9. The minimum Gasteiger partial charge on any atom is -0.407 e. The van der Waals surface area contributed by atoms with Crippen LogP contribution in [0.2, 0.25) is 0 Å². The van der Waals surface area contributed by atoms with E-state index in [1.54, 1.807) is 60.7 Å². The van der Waals surface area contributed by atoms with E-state index in [1.807, 2.05) is 4.67 Å². The average molecular weight is 852 g/mol. The van der Waals surface area contributed by atoms with Gasteiger partial charge in [-0.25, -0.2) is 57.9 Å². The lowest BCUT2D eigenvalue weighted by atomic mass is 9.93. The topological polar surface area (TPSA) is 90.9 Å². The Morgan fingerprint density at radius 2 is 0.850 bits per heavy atom. The third kappa shape index (κ3) is 5.59. The molecule has 0 unspecified atom stereocenters. The van der Waals surface area contributed by atoms with E-state index in [9.17, 15) is 43.9 Å². The predicted molar refractivity (Wildman–Crippen MR) is 199 cm³/mol. The highest BCUT2D eigenvalue weighted by Gasteiger charge is 2.31. The molecule has 60 heavy (non-hydrogen) atoms. The fourth-order valence-electron chi connectivity index (χ4n) is 7.46. The number of aromatic nitrogens is 6. The lowest BCUT2D eigenvalue weighted by molar-refractivity contribution is 0.373. The van der Waals surface area contributed by atoms with Crippen molar-refractivity contribution in [2.24, 2.45) is 0 Å². The van der Waals surface area contributed by atoms with Crippen molar-refractivity contribution < 1.29 is 52.3 Å². The van der Waals surface area contributed by atoms with Crippen LogP contribution in [0.4, 0.5) is 43.9 Å². The molecule has 6 aromatic carbocycles. The first-order chi connectivity index (χ1) is 28.9. The van der Waals surface area contributed by atoms with E-state index in [-0.39, 0.29) is 33.7 Å². The van der Waals surface area contributed by atoms with Crippen molar-refractivity contribution >= 4 is 51.6 Å². The first-order valence-corrected chi connectivity index (χ1v) is 19.0. The number of benzene rings is 6. The van der Waals surface area contributed by atoms with Crippen LogP contribution in [0, 0.1) is 58.2 Å². The highest BCUT2D eigenvalue weighted by Crippen LogP contribution is 2.48. The van der Waals surface area contributed by atoms with Gasteiger partial charge >= 0.3 is 8.16 Å². The Bertz CT molecular complexity index is 3060. The number of halogens is 10. The van der Waals surface area contributed by atoms with Gasteiger partial charge in [-0.2, -0.15) is 0 Å². The molecule has 0 aliphatic carbocycles. The largest absolute Gasteiger partial charge is 0.407 e. The van der Waals surface area contributed by atoms with Crippen molar-refractivity contribution in [2.45, 2.75) is 12.8 Å². The van der Waals surface area contributed by atoms with Crippen molar-refractivity contribution in [1.29, 1.82) is 0 Å². The third-order valence-corrected chi connectivity index (χ3v) is 11.8. The van der Waals surface area contributed by atoms with Gasteiger partial charge in [-0.3, -0.25) is 0 Å². The maximum atomic E-state index is 15.0. The van der Waals surface area contributed by atoms with Gasteiger partial charge < -0.3 is 8.39 Å². The summed E-state index contributed by atoms with van der Waals surface area (Å²) in [6, 6.07) is 17.4. The minimum atomic E-state index is -2.34. The molecule has 1 saturated heterocycles. The Labute approximate surface area is 329 Å². The Morgan fingerprint density at radius 3 is 1.25 bits per heavy atom. The highest BCUT2D eigenvalue weighted by molar-refractivity contribution is 7.39. The van der Waals surface area contributed by atoms with Gasteiger partial charge in [0.1, 0.15) is 22.8 Å². The van der Waals surface area contributed by atoms with Gasteiger partial charge in [0.15, 0.2) is 57.7 Å². The number of rotatable bonds is 5. The average Bonchev–Trinajstić information content (AvgIpc) is 4.06. The van der Waals surface area contributed by atoms with Gasteiger partial charge in [-0.15, -0.1) is 10.2 Å². The molecule has 0 N–H and O–H groups in total. The SMILES string of the molecule is Fc1c(F)c(F)c(-n2cc(-c3cc4ccccc4c4c3op(N3CCCC3)oc3c(-c5cn(-c6c(F)c(F)c(F)c(F)c6F)nn5)cc5ccccc5c34)nn2)c(F)c1F. The summed E-state index contributed by atoms with van der Waals surface area (Å²) in [5, 5.41) is 18.8. The van der Waals surface area contributed by atoms with Crippen LogP contribution in [0.1, 0.15) is 12.8 Å². The van der Waals surface area contributed by atoms with Crippen molar-refractivity contribution in [3.05, 3.63) is 131 Å². The monoisotopic (exact) mass is 851 g/mol. The zero-order valence-corrected chi connectivity index (χ0v) is 30.8. The molecule has 9 nitrogen and oxygen atoms in total. The van der Waals surface area contributed by atoms with Gasteiger partial charge in [0.05, 0.1) is 12.4 Å². The van der Waals surface area contributed by atoms with Crippen LogP contribution in [-0.4, -0.2) is 43.1 Å². The standard InChI is InChI=1S/C40H20F10N7O2P/c41-27-29(43)33(47)37(34(48)30(27)44)56-15-23(51-53-56)21-13-17-7-1-3-9-19(17)25-26-20-10-4-2-8-18(20)14-22(40(26)59-60(58-39(21)25)55-11-5-6-12-55)24-16-57(54-52-24)38-35(49)31(45)28(42)32(46)36(38)50/h1-4,7-10,13-16H,5-6,11-12H2. The maximum Gasteiger partial charge on any atom is 0.309 e. The molecule has 20 heteroatoms. The molecule has 0 atom stereocenters. The van der Waals surface area contributed by atoms with Crippen molar-refractivity contribution in [3.8, 4) is 33.9 Å². The fourth-order valence-corrected chi connectivity index (χ4v) is 9.03. The normalized spacial score (nSPS) is 13.5. The number of hydrogen-bond donors (Lipinski definition) is 0. The van der Waals surface area contributed by atoms with Crippen LogP contribution in [0.5, 0.6) is 0 Å². The van der Waals surface area contributed by atoms with E-state index in [1.165, 1.54) is 0 Å². The number of nitrogens with zero attached hydrogens (tertiary/aromatic N) is 7. The minimum absolute atomic E-state index is 0.0908. The Hall–Kier alpha value is -6.72. The van der Waals surface area contributed by atoms with Gasteiger partial charge in [0.2, 0.25) is 11.6 Å². The Kier molecular flexibility index (Phi) is 8.73. The van der Waals surface area contributed by atoms with Crippen LogP contribution >= 0.6 is 8.16 Å². The molecule has 0 amide bonds. The summed E-state index contributed by atoms with van der Waals surface area (Å²) in [4.78, 5) is 0. The molecule has 9 aromatic rings. The molecule has 10 rings (SSSR count). The van der Waals surface area contributed by atoms with Crippen molar-refractivity contribution in [3.63, 3.8) is 0 Å². The molecule has 4 heterocycles. The summed E-state index contributed by atoms with van der Waals surface area (Å²) < 4.78 is 162. The molecular weight excluding hydrogens is 831 g/mol. The summed E-state index contributed by atoms with van der Waals surface area (Å²) in [5.41, 5.74) is -2.24. The summed E-state index contributed by atoms with van der Waals surface area (Å²) in [6.07, 6.45) is 3.52. The smallest absolute Gasteiger partial charge is 0.309 e. The molecule has 0 bridgehead atoms. The van der Waals surface area contributed by atoms with E-state index in [0.29, 0.717) is 54.8 Å². The van der Waals surface area contributed by atoms with Crippen LogP contribution in [0.15, 0.2) is 81.5 Å². The number of hydrogen-bond acceptors (Lipinski definition) is 7. The lowest BCUT2D eigenvalue weighted by Gasteiger charge is -2.11. The molecule has 0 radical (unpaired) electrons. The van der Waals surface area contributed by atoms with E-state index in [2.05, 4.69) is 20.6 Å². The summed E-state index contributed by atoms with van der Waals surface area (Å²) in [5.74, 6) is -21.9. The molecule has 3 aromatic heterocycles.